The van der Waals surface area contributed by atoms with E-state index in [1.54, 1.807) is 54.7 Å². The van der Waals surface area contributed by atoms with Gasteiger partial charge in [0, 0.05) is 5.69 Å². The van der Waals surface area contributed by atoms with E-state index in [1.807, 2.05) is 30.3 Å². The molecule has 2 heterocycles. The number of hydrogen-bond acceptors (Lipinski definition) is 5. The van der Waals surface area contributed by atoms with Crippen LogP contribution in [0.1, 0.15) is 12.2 Å². The second-order valence-electron chi connectivity index (χ2n) is 6.99. The zero-order valence-electron chi connectivity index (χ0n) is 16.9. The largest absolute Gasteiger partial charge is 0.497 e. The van der Waals surface area contributed by atoms with Crippen molar-refractivity contribution < 1.29 is 18.7 Å². The molecule has 3 aromatic rings. The molecule has 1 atom stereocenters. The second kappa shape index (κ2) is 9.01. The molecule has 0 aliphatic carbocycles. The Kier molecular flexibility index (Phi) is 5.99. The van der Waals surface area contributed by atoms with Crippen LogP contribution in [0.5, 0.6) is 5.75 Å². The van der Waals surface area contributed by atoms with Crippen LogP contribution >= 0.6 is 12.2 Å². The Morgan fingerprint density at radius 1 is 1.13 bits per heavy atom. The highest BCUT2D eigenvalue weighted by atomic mass is 32.1. The van der Waals surface area contributed by atoms with Gasteiger partial charge >= 0.3 is 0 Å². The Morgan fingerprint density at radius 3 is 2.52 bits per heavy atom. The molecular weight excluding hydrogens is 414 g/mol. The first-order valence-corrected chi connectivity index (χ1v) is 10.1. The van der Waals surface area contributed by atoms with E-state index in [0.717, 1.165) is 5.69 Å². The Balaban J connectivity index is 1.60. The van der Waals surface area contributed by atoms with Gasteiger partial charge < -0.3 is 19.4 Å². The lowest BCUT2D eigenvalue weighted by Gasteiger charge is -2.29. The molecule has 31 heavy (non-hydrogen) atoms. The fraction of sp³-hybridized carbons (Fsp3) is 0.174. The van der Waals surface area contributed by atoms with E-state index in [0.29, 0.717) is 22.3 Å². The van der Waals surface area contributed by atoms with Crippen LogP contribution in [0.2, 0.25) is 0 Å². The minimum absolute atomic E-state index is 0.0161. The Morgan fingerprint density at radius 2 is 1.87 bits per heavy atom. The van der Waals surface area contributed by atoms with Crippen molar-refractivity contribution in [3.05, 3.63) is 78.8 Å². The number of nitrogens with one attached hydrogen (secondary N) is 1. The Labute approximate surface area is 185 Å². The van der Waals surface area contributed by atoms with Crippen LogP contribution in [-0.4, -0.2) is 35.0 Å². The molecular formula is C23H21N3O4S. The van der Waals surface area contributed by atoms with Crippen molar-refractivity contribution in [3.63, 3.8) is 0 Å². The number of hydrogen-bond donors (Lipinski definition) is 1. The van der Waals surface area contributed by atoms with Crippen LogP contribution < -0.4 is 15.0 Å². The number of para-hydroxylation sites is 1. The van der Waals surface area contributed by atoms with Gasteiger partial charge in [0.2, 0.25) is 5.91 Å². The summed E-state index contributed by atoms with van der Waals surface area (Å²) in [6, 6.07) is 19.1. The van der Waals surface area contributed by atoms with Crippen LogP contribution in [0.15, 0.2) is 77.4 Å². The lowest BCUT2D eigenvalue weighted by atomic mass is 10.2. The van der Waals surface area contributed by atoms with E-state index in [9.17, 15) is 9.59 Å². The van der Waals surface area contributed by atoms with Gasteiger partial charge in [0.05, 0.1) is 32.0 Å². The average molecular weight is 436 g/mol. The van der Waals surface area contributed by atoms with Gasteiger partial charge in [-0.15, -0.1) is 0 Å². The molecule has 7 nitrogen and oxygen atoms in total. The van der Waals surface area contributed by atoms with Gasteiger partial charge in [0.15, 0.2) is 5.11 Å². The number of carbonyl (C=O) groups excluding carboxylic acids is 2. The first-order chi connectivity index (χ1) is 15.1. The first-order valence-electron chi connectivity index (χ1n) is 9.72. The fourth-order valence-electron chi connectivity index (χ4n) is 3.47. The minimum Gasteiger partial charge on any atom is -0.497 e. The molecule has 0 spiro atoms. The maximum absolute atomic E-state index is 13.3. The first kappa shape index (κ1) is 20.6. The van der Waals surface area contributed by atoms with Crippen LogP contribution in [0.3, 0.4) is 0 Å². The van der Waals surface area contributed by atoms with Gasteiger partial charge in [0.1, 0.15) is 17.6 Å². The standard InChI is InChI=1S/C23H21N3O4S/c1-29-18-11-9-17(10-12-18)26-21(27)14-20(22(26)28)25(15-19-8-5-13-30-19)23(31)24-16-6-3-2-4-7-16/h2-13,20H,14-15H2,1H3,(H,24,31). The maximum Gasteiger partial charge on any atom is 0.257 e. The molecule has 1 N–H and O–H groups in total. The SMILES string of the molecule is COc1ccc(N2C(=O)CC(N(Cc3ccco3)C(=S)Nc3ccccc3)C2=O)cc1. The number of methoxy groups -OCH3 is 1. The molecule has 1 aliphatic heterocycles. The summed E-state index contributed by atoms with van der Waals surface area (Å²) in [5.41, 5.74) is 1.29. The molecule has 1 aromatic heterocycles. The monoisotopic (exact) mass is 435 g/mol. The number of ether oxygens (including phenoxy) is 1. The number of rotatable bonds is 6. The topological polar surface area (TPSA) is 75.0 Å². The van der Waals surface area contributed by atoms with Crippen molar-refractivity contribution in [1.29, 1.82) is 0 Å². The minimum atomic E-state index is -0.747. The summed E-state index contributed by atoms with van der Waals surface area (Å²) >= 11 is 5.62. The summed E-state index contributed by atoms with van der Waals surface area (Å²) in [6.07, 6.45) is 1.58. The number of furan rings is 1. The van der Waals surface area contributed by atoms with Crippen molar-refractivity contribution in [1.82, 2.24) is 4.90 Å². The summed E-state index contributed by atoms with van der Waals surface area (Å²) in [4.78, 5) is 29.0. The molecule has 0 radical (unpaired) electrons. The van der Waals surface area contributed by atoms with Gasteiger partial charge in [-0.25, -0.2) is 4.90 Å². The highest BCUT2D eigenvalue weighted by Gasteiger charge is 2.44. The number of nitrogens with zero attached hydrogens (tertiary/aromatic N) is 2. The molecule has 0 bridgehead atoms. The summed E-state index contributed by atoms with van der Waals surface area (Å²) in [6.45, 7) is 0.256. The van der Waals surface area contributed by atoms with Crippen LogP contribution in [0.25, 0.3) is 0 Å². The number of amides is 2. The normalized spacial score (nSPS) is 15.8. The molecule has 4 rings (SSSR count). The number of carbonyl (C=O) groups is 2. The molecule has 1 saturated heterocycles. The summed E-state index contributed by atoms with van der Waals surface area (Å²) < 4.78 is 10.6. The third kappa shape index (κ3) is 4.44. The van der Waals surface area contributed by atoms with Gasteiger partial charge in [0.25, 0.3) is 5.91 Å². The van der Waals surface area contributed by atoms with Gasteiger partial charge in [-0.2, -0.15) is 0 Å². The van der Waals surface area contributed by atoms with E-state index >= 15 is 0 Å². The van der Waals surface area contributed by atoms with Gasteiger partial charge in [-0.1, -0.05) is 18.2 Å². The second-order valence-corrected chi connectivity index (χ2v) is 7.38. The van der Waals surface area contributed by atoms with Crippen molar-refractivity contribution in [2.75, 3.05) is 17.3 Å². The predicted octanol–water partition coefficient (Wildman–Crippen LogP) is 3.82. The van der Waals surface area contributed by atoms with E-state index < -0.39 is 6.04 Å². The quantitative estimate of drug-likeness (QED) is 0.466. The molecule has 1 fully saturated rings. The van der Waals surface area contributed by atoms with Crippen molar-refractivity contribution in [2.45, 2.75) is 19.0 Å². The number of anilines is 2. The highest BCUT2D eigenvalue weighted by molar-refractivity contribution is 7.80. The van der Waals surface area contributed by atoms with Crippen LogP contribution in [0.4, 0.5) is 11.4 Å². The summed E-state index contributed by atoms with van der Waals surface area (Å²) in [5, 5.41) is 3.49. The number of imide groups is 1. The van der Waals surface area contributed by atoms with E-state index in [1.165, 1.54) is 4.90 Å². The van der Waals surface area contributed by atoms with E-state index in [4.69, 9.17) is 21.4 Å². The number of thiocarbonyl (C=S) groups is 1. The van der Waals surface area contributed by atoms with Crippen molar-refractivity contribution in [2.24, 2.45) is 0 Å². The zero-order valence-corrected chi connectivity index (χ0v) is 17.7. The van der Waals surface area contributed by atoms with E-state index in [-0.39, 0.29) is 24.8 Å². The summed E-state index contributed by atoms with van der Waals surface area (Å²) in [5.74, 6) is 0.665. The lowest BCUT2D eigenvalue weighted by Crippen LogP contribution is -2.46. The van der Waals surface area contributed by atoms with Crippen molar-refractivity contribution in [3.8, 4) is 5.75 Å². The molecule has 158 valence electrons. The predicted molar refractivity (Wildman–Crippen MR) is 121 cm³/mol. The van der Waals surface area contributed by atoms with Crippen molar-refractivity contribution >= 4 is 40.5 Å². The average Bonchev–Trinajstić information content (AvgIpc) is 3.40. The zero-order chi connectivity index (χ0) is 21.8. The third-order valence-corrected chi connectivity index (χ3v) is 5.36. The maximum atomic E-state index is 13.3. The smallest absolute Gasteiger partial charge is 0.257 e. The molecule has 2 amide bonds. The number of benzene rings is 2. The van der Waals surface area contributed by atoms with Gasteiger partial charge in [-0.05, 0) is 60.7 Å². The lowest BCUT2D eigenvalue weighted by molar-refractivity contribution is -0.122. The van der Waals surface area contributed by atoms with E-state index in [2.05, 4.69) is 5.32 Å². The Hall–Kier alpha value is -3.65. The van der Waals surface area contributed by atoms with Crippen LogP contribution in [-0.2, 0) is 16.1 Å². The fourth-order valence-corrected chi connectivity index (χ4v) is 3.78. The third-order valence-electron chi connectivity index (χ3n) is 5.02. The van der Waals surface area contributed by atoms with Crippen LogP contribution in [0, 0.1) is 0 Å². The Bertz CT molecular complexity index is 1070. The van der Waals surface area contributed by atoms with Gasteiger partial charge in [-0.3, -0.25) is 9.59 Å². The molecule has 2 aromatic carbocycles. The summed E-state index contributed by atoms with van der Waals surface area (Å²) in [7, 11) is 1.56. The molecule has 8 heteroatoms. The molecule has 1 unspecified atom stereocenters. The highest BCUT2D eigenvalue weighted by Crippen LogP contribution is 2.28. The molecule has 1 aliphatic rings. The molecule has 0 saturated carbocycles.